The van der Waals surface area contributed by atoms with Crippen LogP contribution in [0.15, 0.2) is 0 Å². The lowest BCUT2D eigenvalue weighted by atomic mass is 9.98. The normalized spacial score (nSPS) is 18.9. The SMILES string of the molecule is CCOC(=O)C1CCCN(C(=O)CN(C)C(C)=O)C1. The molecule has 1 rings (SSSR count). The number of nitrogens with zero attached hydrogens (tertiary/aromatic N) is 2. The number of esters is 1. The van der Waals surface area contributed by atoms with Crippen molar-refractivity contribution < 1.29 is 19.1 Å². The van der Waals surface area contributed by atoms with Crippen molar-refractivity contribution in [3.05, 3.63) is 0 Å². The summed E-state index contributed by atoms with van der Waals surface area (Å²) < 4.78 is 4.99. The molecule has 1 aliphatic rings. The first-order valence-corrected chi connectivity index (χ1v) is 6.61. The molecule has 1 saturated heterocycles. The summed E-state index contributed by atoms with van der Waals surface area (Å²) in [6.07, 6.45) is 1.55. The van der Waals surface area contributed by atoms with Crippen molar-refractivity contribution in [2.24, 2.45) is 5.92 Å². The molecule has 0 spiro atoms. The van der Waals surface area contributed by atoms with E-state index in [1.54, 1.807) is 18.9 Å². The molecule has 0 aromatic carbocycles. The van der Waals surface area contributed by atoms with Gasteiger partial charge in [-0.1, -0.05) is 0 Å². The Balaban J connectivity index is 2.52. The first-order valence-electron chi connectivity index (χ1n) is 6.61. The second-order valence-corrected chi connectivity index (χ2v) is 4.81. The molecule has 6 heteroatoms. The Hall–Kier alpha value is -1.59. The zero-order valence-corrected chi connectivity index (χ0v) is 11.8. The highest BCUT2D eigenvalue weighted by atomic mass is 16.5. The first-order chi connectivity index (χ1) is 8.95. The number of carbonyl (C=O) groups is 3. The van der Waals surface area contributed by atoms with E-state index in [2.05, 4.69) is 0 Å². The van der Waals surface area contributed by atoms with Crippen LogP contribution in [0.5, 0.6) is 0 Å². The molecule has 1 atom stereocenters. The Morgan fingerprint density at radius 3 is 2.63 bits per heavy atom. The number of likely N-dealkylation sites (N-methyl/N-ethyl adjacent to an activating group) is 1. The zero-order chi connectivity index (χ0) is 14.4. The van der Waals surface area contributed by atoms with Gasteiger partial charge in [0.2, 0.25) is 11.8 Å². The summed E-state index contributed by atoms with van der Waals surface area (Å²) in [5, 5.41) is 0. The minimum atomic E-state index is -0.236. The minimum absolute atomic E-state index is 0.0604. The molecule has 0 aromatic rings. The van der Waals surface area contributed by atoms with Gasteiger partial charge in [-0.25, -0.2) is 0 Å². The Labute approximate surface area is 113 Å². The highest BCUT2D eigenvalue weighted by Gasteiger charge is 2.29. The molecule has 2 amide bonds. The minimum Gasteiger partial charge on any atom is -0.466 e. The van der Waals surface area contributed by atoms with Crippen molar-refractivity contribution in [2.45, 2.75) is 26.7 Å². The maximum atomic E-state index is 12.0. The summed E-state index contributed by atoms with van der Waals surface area (Å²) >= 11 is 0. The molecule has 1 fully saturated rings. The summed E-state index contributed by atoms with van der Waals surface area (Å²) in [5.74, 6) is -0.737. The van der Waals surface area contributed by atoms with Crippen LogP contribution >= 0.6 is 0 Å². The van der Waals surface area contributed by atoms with Crippen molar-refractivity contribution >= 4 is 17.8 Å². The standard InChI is InChI=1S/C13H22N2O4/c1-4-19-13(18)11-6-5-7-15(8-11)12(17)9-14(3)10(2)16/h11H,4-9H2,1-3H3. The first kappa shape index (κ1) is 15.5. The van der Waals surface area contributed by atoms with Crippen LogP contribution in [0.1, 0.15) is 26.7 Å². The molecule has 0 N–H and O–H groups in total. The van der Waals surface area contributed by atoms with E-state index in [4.69, 9.17) is 4.74 Å². The molecule has 108 valence electrons. The fourth-order valence-corrected chi connectivity index (χ4v) is 2.07. The van der Waals surface area contributed by atoms with Gasteiger partial charge in [-0.2, -0.15) is 0 Å². The van der Waals surface area contributed by atoms with E-state index < -0.39 is 0 Å². The largest absolute Gasteiger partial charge is 0.466 e. The topological polar surface area (TPSA) is 66.9 Å². The molecular formula is C13H22N2O4. The van der Waals surface area contributed by atoms with Gasteiger partial charge in [0, 0.05) is 27.1 Å². The van der Waals surface area contributed by atoms with E-state index in [-0.39, 0.29) is 30.2 Å². The Morgan fingerprint density at radius 1 is 1.37 bits per heavy atom. The maximum Gasteiger partial charge on any atom is 0.310 e. The van der Waals surface area contributed by atoms with Crippen LogP contribution in [-0.4, -0.2) is 60.9 Å². The van der Waals surface area contributed by atoms with E-state index in [1.165, 1.54) is 11.8 Å². The lowest BCUT2D eigenvalue weighted by Crippen LogP contribution is -2.46. The van der Waals surface area contributed by atoms with Crippen molar-refractivity contribution in [1.29, 1.82) is 0 Å². The average molecular weight is 270 g/mol. The average Bonchev–Trinajstić information content (AvgIpc) is 2.39. The molecule has 0 radical (unpaired) electrons. The lowest BCUT2D eigenvalue weighted by molar-refractivity contribution is -0.152. The Bertz CT molecular complexity index is 357. The van der Waals surface area contributed by atoms with Crippen LogP contribution in [0, 0.1) is 5.92 Å². The summed E-state index contributed by atoms with van der Waals surface area (Å²) in [5.41, 5.74) is 0. The van der Waals surface area contributed by atoms with E-state index in [9.17, 15) is 14.4 Å². The zero-order valence-electron chi connectivity index (χ0n) is 11.8. The Kier molecular flexibility index (Phi) is 5.79. The molecule has 1 heterocycles. The smallest absolute Gasteiger partial charge is 0.310 e. The number of likely N-dealkylation sites (tertiary alicyclic amines) is 1. The van der Waals surface area contributed by atoms with E-state index in [0.29, 0.717) is 19.7 Å². The van der Waals surface area contributed by atoms with Crippen molar-refractivity contribution in [2.75, 3.05) is 33.3 Å². The van der Waals surface area contributed by atoms with Gasteiger partial charge in [0.1, 0.15) is 0 Å². The molecule has 0 aromatic heterocycles. The fraction of sp³-hybridized carbons (Fsp3) is 0.769. The highest BCUT2D eigenvalue weighted by Crippen LogP contribution is 2.18. The summed E-state index contributed by atoms with van der Waals surface area (Å²) in [4.78, 5) is 37.8. The van der Waals surface area contributed by atoms with Crippen LogP contribution in [0.2, 0.25) is 0 Å². The van der Waals surface area contributed by atoms with Gasteiger partial charge in [-0.15, -0.1) is 0 Å². The Morgan fingerprint density at radius 2 is 2.05 bits per heavy atom. The van der Waals surface area contributed by atoms with Crippen LogP contribution in [0.25, 0.3) is 0 Å². The third-order valence-corrected chi connectivity index (χ3v) is 3.30. The number of piperidine rings is 1. The van der Waals surface area contributed by atoms with Gasteiger partial charge >= 0.3 is 5.97 Å². The van der Waals surface area contributed by atoms with Gasteiger partial charge in [0.15, 0.2) is 0 Å². The van der Waals surface area contributed by atoms with E-state index >= 15 is 0 Å². The monoisotopic (exact) mass is 270 g/mol. The number of carbonyl (C=O) groups excluding carboxylic acids is 3. The quantitative estimate of drug-likeness (QED) is 0.688. The maximum absolute atomic E-state index is 12.0. The third-order valence-electron chi connectivity index (χ3n) is 3.30. The number of ether oxygens (including phenoxy) is 1. The van der Waals surface area contributed by atoms with Crippen molar-refractivity contribution in [3.8, 4) is 0 Å². The number of rotatable bonds is 4. The second kappa shape index (κ2) is 7.11. The number of hydrogen-bond acceptors (Lipinski definition) is 4. The predicted octanol–water partition coefficient (Wildman–Crippen LogP) is 0.266. The second-order valence-electron chi connectivity index (χ2n) is 4.81. The van der Waals surface area contributed by atoms with Gasteiger partial charge in [-0.3, -0.25) is 14.4 Å². The number of amides is 2. The highest BCUT2D eigenvalue weighted by molar-refractivity contribution is 5.84. The molecular weight excluding hydrogens is 248 g/mol. The van der Waals surface area contributed by atoms with Crippen LogP contribution < -0.4 is 0 Å². The van der Waals surface area contributed by atoms with Gasteiger partial charge in [0.05, 0.1) is 19.1 Å². The summed E-state index contributed by atoms with van der Waals surface area (Å²) in [6, 6.07) is 0. The van der Waals surface area contributed by atoms with Crippen LogP contribution in [0.3, 0.4) is 0 Å². The lowest BCUT2D eigenvalue weighted by Gasteiger charge is -2.32. The summed E-state index contributed by atoms with van der Waals surface area (Å²) in [6.45, 7) is 4.64. The van der Waals surface area contributed by atoms with Crippen LogP contribution in [0.4, 0.5) is 0 Å². The molecule has 1 unspecified atom stereocenters. The fourth-order valence-electron chi connectivity index (χ4n) is 2.07. The van der Waals surface area contributed by atoms with Crippen molar-refractivity contribution in [1.82, 2.24) is 9.80 Å². The van der Waals surface area contributed by atoms with Gasteiger partial charge in [0.25, 0.3) is 0 Å². The molecule has 0 saturated carbocycles. The molecule has 1 aliphatic heterocycles. The molecule has 0 bridgehead atoms. The summed E-state index contributed by atoms with van der Waals surface area (Å²) in [7, 11) is 1.59. The van der Waals surface area contributed by atoms with Gasteiger partial charge < -0.3 is 14.5 Å². The van der Waals surface area contributed by atoms with Gasteiger partial charge in [-0.05, 0) is 19.8 Å². The predicted molar refractivity (Wildman–Crippen MR) is 69.2 cm³/mol. The molecule has 0 aliphatic carbocycles. The molecule has 19 heavy (non-hydrogen) atoms. The van der Waals surface area contributed by atoms with E-state index in [0.717, 1.165) is 12.8 Å². The van der Waals surface area contributed by atoms with Crippen molar-refractivity contribution in [3.63, 3.8) is 0 Å². The van der Waals surface area contributed by atoms with E-state index in [1.807, 2.05) is 0 Å². The molecule has 6 nitrogen and oxygen atoms in total. The number of hydrogen-bond donors (Lipinski definition) is 0. The third kappa shape index (κ3) is 4.54. The van der Waals surface area contributed by atoms with Crippen LogP contribution in [-0.2, 0) is 19.1 Å².